The maximum Gasteiger partial charge on any atom is 0.281 e. The molecule has 0 radical (unpaired) electrons. The van der Waals surface area contributed by atoms with Gasteiger partial charge in [0, 0.05) is 26.2 Å². The topological polar surface area (TPSA) is 66.6 Å². The van der Waals surface area contributed by atoms with E-state index in [1.807, 2.05) is 0 Å². The molecule has 2 aliphatic heterocycles. The molecule has 2 fully saturated rings. The molecular formula is C13H27N3O2S. The molecule has 2 heterocycles. The van der Waals surface area contributed by atoms with Gasteiger partial charge in [-0.25, -0.2) is 0 Å². The van der Waals surface area contributed by atoms with Gasteiger partial charge in [-0.2, -0.15) is 17.0 Å². The summed E-state index contributed by atoms with van der Waals surface area (Å²) in [5, 5.41) is 0. The lowest BCUT2D eigenvalue weighted by atomic mass is 9.85. The second-order valence-corrected chi connectivity index (χ2v) is 8.62. The second-order valence-electron chi connectivity index (χ2n) is 6.69. The van der Waals surface area contributed by atoms with Crippen molar-refractivity contribution in [1.29, 1.82) is 0 Å². The van der Waals surface area contributed by atoms with Crippen molar-refractivity contribution in [3.05, 3.63) is 0 Å². The molecule has 0 aromatic carbocycles. The molecule has 0 amide bonds. The average Bonchev–Trinajstić information content (AvgIpc) is 2.37. The standard InChI is InChI=1S/C13H27N3O2S/c1-13(2)6-3-7-16(11-13)19(17,18)15-8-4-12(10-14)5-9-15/h12H,3-11,14H2,1-2H3. The first kappa shape index (κ1) is 15.2. The highest BCUT2D eigenvalue weighted by Crippen LogP contribution is 2.31. The van der Waals surface area contributed by atoms with Crippen molar-refractivity contribution in [1.82, 2.24) is 8.61 Å². The largest absolute Gasteiger partial charge is 0.330 e. The Morgan fingerprint density at radius 3 is 2.32 bits per heavy atom. The molecule has 0 atom stereocenters. The molecule has 5 nitrogen and oxygen atoms in total. The van der Waals surface area contributed by atoms with Crippen LogP contribution in [0.1, 0.15) is 39.5 Å². The Balaban J connectivity index is 2.02. The molecule has 2 aliphatic rings. The van der Waals surface area contributed by atoms with E-state index >= 15 is 0 Å². The van der Waals surface area contributed by atoms with Crippen molar-refractivity contribution >= 4 is 10.2 Å². The summed E-state index contributed by atoms with van der Waals surface area (Å²) in [6, 6.07) is 0. The van der Waals surface area contributed by atoms with E-state index in [-0.39, 0.29) is 5.41 Å². The van der Waals surface area contributed by atoms with Crippen LogP contribution in [0.5, 0.6) is 0 Å². The molecule has 0 unspecified atom stereocenters. The van der Waals surface area contributed by atoms with E-state index < -0.39 is 10.2 Å². The van der Waals surface area contributed by atoms with Gasteiger partial charge in [0.05, 0.1) is 0 Å². The molecule has 0 aliphatic carbocycles. The minimum atomic E-state index is -3.26. The molecular weight excluding hydrogens is 262 g/mol. The first-order valence-electron chi connectivity index (χ1n) is 7.30. The first-order valence-corrected chi connectivity index (χ1v) is 8.70. The fourth-order valence-electron chi connectivity index (χ4n) is 3.11. The maximum absolute atomic E-state index is 12.6. The summed E-state index contributed by atoms with van der Waals surface area (Å²) in [6.07, 6.45) is 3.86. The van der Waals surface area contributed by atoms with E-state index in [0.717, 1.165) is 25.7 Å². The van der Waals surface area contributed by atoms with Crippen molar-refractivity contribution in [2.45, 2.75) is 39.5 Å². The second kappa shape index (κ2) is 5.68. The highest BCUT2D eigenvalue weighted by Gasteiger charge is 2.37. The molecule has 0 aromatic heterocycles. The lowest BCUT2D eigenvalue weighted by molar-refractivity contribution is 0.171. The normalized spacial score (nSPS) is 27.5. The van der Waals surface area contributed by atoms with Crippen LogP contribution in [-0.2, 0) is 10.2 Å². The summed E-state index contributed by atoms with van der Waals surface area (Å²) < 4.78 is 28.6. The van der Waals surface area contributed by atoms with Crippen molar-refractivity contribution in [3.63, 3.8) is 0 Å². The van der Waals surface area contributed by atoms with Gasteiger partial charge in [0.1, 0.15) is 0 Å². The molecule has 112 valence electrons. The molecule has 2 N–H and O–H groups in total. The molecule has 0 saturated carbocycles. The fourth-order valence-corrected chi connectivity index (χ4v) is 4.98. The van der Waals surface area contributed by atoms with Gasteiger partial charge in [-0.15, -0.1) is 0 Å². The minimum absolute atomic E-state index is 0.0981. The van der Waals surface area contributed by atoms with Gasteiger partial charge in [0.25, 0.3) is 10.2 Å². The van der Waals surface area contributed by atoms with Crippen LogP contribution in [0.15, 0.2) is 0 Å². The third kappa shape index (κ3) is 3.48. The zero-order chi connectivity index (χ0) is 14.1. The molecule has 19 heavy (non-hydrogen) atoms. The van der Waals surface area contributed by atoms with Crippen LogP contribution in [0.2, 0.25) is 0 Å². The van der Waals surface area contributed by atoms with Crippen molar-refractivity contribution in [3.8, 4) is 0 Å². The van der Waals surface area contributed by atoms with Crippen molar-refractivity contribution < 1.29 is 8.42 Å². The Morgan fingerprint density at radius 2 is 1.79 bits per heavy atom. The third-order valence-electron chi connectivity index (χ3n) is 4.42. The SMILES string of the molecule is CC1(C)CCCN(S(=O)(=O)N2CCC(CN)CC2)C1. The smallest absolute Gasteiger partial charge is 0.281 e. The van der Waals surface area contributed by atoms with Gasteiger partial charge in [0.15, 0.2) is 0 Å². The van der Waals surface area contributed by atoms with Gasteiger partial charge in [-0.3, -0.25) is 0 Å². The Hall–Kier alpha value is -0.170. The van der Waals surface area contributed by atoms with Crippen LogP contribution >= 0.6 is 0 Å². The summed E-state index contributed by atoms with van der Waals surface area (Å²) in [5.41, 5.74) is 5.76. The third-order valence-corrected chi connectivity index (χ3v) is 6.41. The van der Waals surface area contributed by atoms with Gasteiger partial charge in [-0.05, 0) is 43.6 Å². The summed E-state index contributed by atoms with van der Waals surface area (Å²) in [6.45, 7) is 7.53. The first-order chi connectivity index (χ1) is 8.85. The Bertz CT molecular complexity index is 400. The van der Waals surface area contributed by atoms with E-state index in [4.69, 9.17) is 5.73 Å². The van der Waals surface area contributed by atoms with E-state index in [1.165, 1.54) is 0 Å². The monoisotopic (exact) mass is 289 g/mol. The van der Waals surface area contributed by atoms with E-state index in [2.05, 4.69) is 13.8 Å². The quantitative estimate of drug-likeness (QED) is 0.843. The average molecular weight is 289 g/mol. The van der Waals surface area contributed by atoms with E-state index in [1.54, 1.807) is 8.61 Å². The summed E-state index contributed by atoms with van der Waals surface area (Å²) >= 11 is 0. The number of nitrogens with two attached hydrogens (primary N) is 1. The highest BCUT2D eigenvalue weighted by molar-refractivity contribution is 7.86. The van der Waals surface area contributed by atoms with Gasteiger partial charge in [-0.1, -0.05) is 13.8 Å². The van der Waals surface area contributed by atoms with Crippen molar-refractivity contribution in [2.75, 3.05) is 32.7 Å². The van der Waals surface area contributed by atoms with Gasteiger partial charge in [0.2, 0.25) is 0 Å². The lowest BCUT2D eigenvalue weighted by Crippen LogP contribution is -2.52. The Kier molecular flexibility index (Phi) is 4.55. The van der Waals surface area contributed by atoms with Crippen LogP contribution < -0.4 is 5.73 Å². The number of nitrogens with zero attached hydrogens (tertiary/aromatic N) is 2. The Labute approximate surface area is 117 Å². The maximum atomic E-state index is 12.6. The number of hydrogen-bond acceptors (Lipinski definition) is 3. The van der Waals surface area contributed by atoms with Crippen LogP contribution in [0, 0.1) is 11.3 Å². The fraction of sp³-hybridized carbons (Fsp3) is 1.00. The summed E-state index contributed by atoms with van der Waals surface area (Å²) in [7, 11) is -3.26. The summed E-state index contributed by atoms with van der Waals surface area (Å²) in [4.78, 5) is 0. The van der Waals surface area contributed by atoms with Crippen LogP contribution in [0.25, 0.3) is 0 Å². The lowest BCUT2D eigenvalue weighted by Gasteiger charge is -2.41. The predicted octanol–water partition coefficient (Wildman–Crippen LogP) is 1.02. The van der Waals surface area contributed by atoms with Gasteiger partial charge >= 0.3 is 0 Å². The predicted molar refractivity (Wildman–Crippen MR) is 76.9 cm³/mol. The molecule has 2 rings (SSSR count). The van der Waals surface area contributed by atoms with Crippen molar-refractivity contribution in [2.24, 2.45) is 17.1 Å². The molecule has 0 bridgehead atoms. The van der Waals surface area contributed by atoms with Crippen LogP contribution in [0.4, 0.5) is 0 Å². The summed E-state index contributed by atoms with van der Waals surface area (Å²) in [5.74, 6) is 0.490. The number of hydrogen-bond donors (Lipinski definition) is 1. The molecule has 2 saturated heterocycles. The zero-order valence-corrected chi connectivity index (χ0v) is 13.0. The molecule has 0 aromatic rings. The zero-order valence-electron chi connectivity index (χ0n) is 12.1. The van der Waals surface area contributed by atoms with Gasteiger partial charge < -0.3 is 5.73 Å². The Morgan fingerprint density at radius 1 is 1.16 bits per heavy atom. The number of piperidine rings is 2. The van der Waals surface area contributed by atoms with Crippen LogP contribution in [0.3, 0.4) is 0 Å². The highest BCUT2D eigenvalue weighted by atomic mass is 32.2. The number of rotatable bonds is 3. The molecule has 6 heteroatoms. The minimum Gasteiger partial charge on any atom is -0.330 e. The van der Waals surface area contributed by atoms with Crippen LogP contribution in [-0.4, -0.2) is 49.8 Å². The van der Waals surface area contributed by atoms with E-state index in [9.17, 15) is 8.42 Å². The van der Waals surface area contributed by atoms with E-state index in [0.29, 0.717) is 38.6 Å². The molecule has 0 spiro atoms.